The molecule has 1 heterocycles. The Balaban J connectivity index is 2.34. The number of nitrogen functional groups attached to an aromatic ring is 1. The first-order chi connectivity index (χ1) is 9.93. The molecule has 8 heteroatoms. The number of rotatable bonds is 4. The molecule has 0 aliphatic carbocycles. The molecule has 0 fully saturated rings. The number of benzene rings is 1. The van der Waals surface area contributed by atoms with E-state index in [2.05, 4.69) is 10.3 Å². The summed E-state index contributed by atoms with van der Waals surface area (Å²) in [6.07, 6.45) is 0. The molecule has 0 aliphatic rings. The summed E-state index contributed by atoms with van der Waals surface area (Å²) in [5, 5.41) is 2.63. The molecule has 4 N–H and O–H groups in total. The van der Waals surface area contributed by atoms with Gasteiger partial charge in [-0.1, -0.05) is 0 Å². The van der Waals surface area contributed by atoms with E-state index in [9.17, 15) is 18.4 Å². The summed E-state index contributed by atoms with van der Waals surface area (Å²) in [7, 11) is 0. The summed E-state index contributed by atoms with van der Waals surface area (Å²) in [4.78, 5) is 25.3. The number of H-pyrrole nitrogens is 1. The molecule has 0 spiro atoms. The third kappa shape index (κ3) is 2.93. The van der Waals surface area contributed by atoms with E-state index >= 15 is 0 Å². The molecule has 0 amide bonds. The molecule has 2 rings (SSSR count). The number of aromatic amines is 1. The van der Waals surface area contributed by atoms with Crippen molar-refractivity contribution in [2.45, 2.75) is 20.0 Å². The van der Waals surface area contributed by atoms with Crippen LogP contribution in [0.5, 0.6) is 0 Å². The normalized spacial score (nSPS) is 10.6. The molecule has 0 bridgehead atoms. The third-order valence-corrected chi connectivity index (χ3v) is 3.02. The predicted molar refractivity (Wildman–Crippen MR) is 75.1 cm³/mol. The number of nitrogens with one attached hydrogen (secondary N) is 2. The van der Waals surface area contributed by atoms with Crippen molar-refractivity contribution in [2.24, 2.45) is 0 Å². The van der Waals surface area contributed by atoms with Crippen LogP contribution in [0, 0.1) is 11.6 Å². The third-order valence-electron chi connectivity index (χ3n) is 3.02. The van der Waals surface area contributed by atoms with Crippen LogP contribution in [0.15, 0.2) is 27.8 Å². The molecule has 6 nitrogen and oxygen atoms in total. The summed E-state index contributed by atoms with van der Waals surface area (Å²) in [5.74, 6) is -1.25. The fourth-order valence-corrected chi connectivity index (χ4v) is 1.93. The quantitative estimate of drug-likeness (QED) is 0.785. The molecule has 0 aliphatic heterocycles. The first kappa shape index (κ1) is 14.8. The van der Waals surface area contributed by atoms with E-state index in [1.54, 1.807) is 6.92 Å². The molecule has 21 heavy (non-hydrogen) atoms. The Labute approximate surface area is 118 Å². The minimum absolute atomic E-state index is 0.0445. The second-order valence-electron chi connectivity index (χ2n) is 4.35. The van der Waals surface area contributed by atoms with Crippen LogP contribution in [-0.2, 0) is 13.1 Å². The maximum atomic E-state index is 13.5. The Morgan fingerprint density at radius 2 is 2.05 bits per heavy atom. The van der Waals surface area contributed by atoms with E-state index in [0.717, 1.165) is 22.8 Å². The van der Waals surface area contributed by atoms with Gasteiger partial charge in [0.15, 0.2) is 0 Å². The SMILES string of the molecule is CCn1c(N)c(NCc2cc(F)ccc2F)c(=O)[nH]c1=O. The largest absolute Gasteiger partial charge is 0.383 e. The van der Waals surface area contributed by atoms with Gasteiger partial charge in [-0.2, -0.15) is 0 Å². The standard InChI is InChI=1S/C13H14F2N4O2/c1-2-19-11(16)10(12(20)18-13(19)21)17-6-7-5-8(14)3-4-9(7)15/h3-5,17H,2,6,16H2,1H3,(H,18,20,21). The zero-order valence-electron chi connectivity index (χ0n) is 11.2. The van der Waals surface area contributed by atoms with Crippen molar-refractivity contribution < 1.29 is 8.78 Å². The second-order valence-corrected chi connectivity index (χ2v) is 4.35. The highest BCUT2D eigenvalue weighted by Gasteiger charge is 2.12. The number of nitrogens with zero attached hydrogens (tertiary/aromatic N) is 1. The van der Waals surface area contributed by atoms with Gasteiger partial charge in [0.2, 0.25) is 0 Å². The molecular weight excluding hydrogens is 282 g/mol. The lowest BCUT2D eigenvalue weighted by Gasteiger charge is -2.12. The van der Waals surface area contributed by atoms with E-state index in [1.165, 1.54) is 0 Å². The van der Waals surface area contributed by atoms with Gasteiger partial charge in [0.1, 0.15) is 23.1 Å². The van der Waals surface area contributed by atoms with Gasteiger partial charge < -0.3 is 11.1 Å². The summed E-state index contributed by atoms with van der Waals surface area (Å²) >= 11 is 0. The van der Waals surface area contributed by atoms with Crippen LogP contribution in [0.3, 0.4) is 0 Å². The zero-order chi connectivity index (χ0) is 15.6. The predicted octanol–water partition coefficient (Wildman–Crippen LogP) is 1.03. The number of aromatic nitrogens is 2. The van der Waals surface area contributed by atoms with Crippen molar-refractivity contribution in [3.05, 3.63) is 56.2 Å². The van der Waals surface area contributed by atoms with Crippen LogP contribution in [0.2, 0.25) is 0 Å². The van der Waals surface area contributed by atoms with Crippen molar-refractivity contribution in [3.8, 4) is 0 Å². The van der Waals surface area contributed by atoms with Crippen molar-refractivity contribution in [3.63, 3.8) is 0 Å². The van der Waals surface area contributed by atoms with Gasteiger partial charge in [-0.3, -0.25) is 14.3 Å². The van der Waals surface area contributed by atoms with Gasteiger partial charge >= 0.3 is 5.69 Å². The monoisotopic (exact) mass is 296 g/mol. The lowest BCUT2D eigenvalue weighted by Crippen LogP contribution is -2.33. The van der Waals surface area contributed by atoms with Crippen LogP contribution < -0.4 is 22.3 Å². The Morgan fingerprint density at radius 1 is 1.33 bits per heavy atom. The number of nitrogens with two attached hydrogens (primary N) is 1. The maximum Gasteiger partial charge on any atom is 0.330 e. The molecule has 0 saturated heterocycles. The van der Waals surface area contributed by atoms with Crippen molar-refractivity contribution in [2.75, 3.05) is 11.1 Å². The Kier molecular flexibility index (Phi) is 4.06. The molecule has 1 aromatic carbocycles. The highest BCUT2D eigenvalue weighted by molar-refractivity contribution is 5.60. The molecular formula is C13H14F2N4O2. The second kappa shape index (κ2) is 5.78. The van der Waals surface area contributed by atoms with Crippen molar-refractivity contribution in [1.82, 2.24) is 9.55 Å². The van der Waals surface area contributed by atoms with E-state index in [-0.39, 0.29) is 30.2 Å². The average molecular weight is 296 g/mol. The van der Waals surface area contributed by atoms with Gasteiger partial charge in [-0.15, -0.1) is 0 Å². The van der Waals surface area contributed by atoms with E-state index < -0.39 is 22.9 Å². The maximum absolute atomic E-state index is 13.5. The molecule has 0 unspecified atom stereocenters. The Morgan fingerprint density at radius 3 is 2.71 bits per heavy atom. The van der Waals surface area contributed by atoms with Crippen molar-refractivity contribution in [1.29, 1.82) is 0 Å². The van der Waals surface area contributed by atoms with E-state index in [4.69, 9.17) is 5.73 Å². The van der Waals surface area contributed by atoms with Gasteiger partial charge in [-0.05, 0) is 25.1 Å². The lowest BCUT2D eigenvalue weighted by atomic mass is 10.2. The Bertz CT molecular complexity index is 783. The van der Waals surface area contributed by atoms with Crippen LogP contribution in [0.4, 0.5) is 20.3 Å². The molecule has 1 aromatic heterocycles. The average Bonchev–Trinajstić information content (AvgIpc) is 2.42. The Hall–Kier alpha value is -2.64. The number of anilines is 2. The topological polar surface area (TPSA) is 92.9 Å². The number of hydrogen-bond acceptors (Lipinski definition) is 4. The smallest absolute Gasteiger partial charge is 0.330 e. The van der Waals surface area contributed by atoms with Gasteiger partial charge in [0.25, 0.3) is 5.56 Å². The zero-order valence-corrected chi connectivity index (χ0v) is 11.2. The minimum Gasteiger partial charge on any atom is -0.383 e. The first-order valence-electron chi connectivity index (χ1n) is 6.24. The molecule has 0 radical (unpaired) electrons. The highest BCUT2D eigenvalue weighted by Crippen LogP contribution is 2.14. The van der Waals surface area contributed by atoms with Gasteiger partial charge in [-0.25, -0.2) is 13.6 Å². The summed E-state index contributed by atoms with van der Waals surface area (Å²) in [5.41, 5.74) is 4.40. The fourth-order valence-electron chi connectivity index (χ4n) is 1.93. The fraction of sp³-hybridized carbons (Fsp3) is 0.231. The van der Waals surface area contributed by atoms with Crippen LogP contribution in [-0.4, -0.2) is 9.55 Å². The molecule has 112 valence electrons. The van der Waals surface area contributed by atoms with Crippen LogP contribution in [0.1, 0.15) is 12.5 Å². The number of hydrogen-bond donors (Lipinski definition) is 3. The first-order valence-corrected chi connectivity index (χ1v) is 6.24. The van der Waals surface area contributed by atoms with Crippen molar-refractivity contribution >= 4 is 11.5 Å². The van der Waals surface area contributed by atoms with Gasteiger partial charge in [0, 0.05) is 18.7 Å². The van der Waals surface area contributed by atoms with Crippen LogP contribution >= 0.6 is 0 Å². The molecule has 0 atom stereocenters. The number of halogens is 2. The summed E-state index contributed by atoms with van der Waals surface area (Å²) < 4.78 is 27.7. The summed E-state index contributed by atoms with van der Waals surface area (Å²) in [6.45, 7) is 1.81. The molecule has 2 aromatic rings. The van der Waals surface area contributed by atoms with Crippen LogP contribution in [0.25, 0.3) is 0 Å². The van der Waals surface area contributed by atoms with Gasteiger partial charge in [0.05, 0.1) is 0 Å². The lowest BCUT2D eigenvalue weighted by molar-refractivity contribution is 0.587. The minimum atomic E-state index is -0.709. The van der Waals surface area contributed by atoms with E-state index in [1.807, 2.05) is 0 Å². The molecule has 0 saturated carbocycles. The highest BCUT2D eigenvalue weighted by atomic mass is 19.1. The summed E-state index contributed by atoms with van der Waals surface area (Å²) in [6, 6.07) is 3.01. The van der Waals surface area contributed by atoms with E-state index in [0.29, 0.717) is 0 Å².